The lowest BCUT2D eigenvalue weighted by molar-refractivity contribution is 0.592. The van der Waals surface area contributed by atoms with E-state index in [1.165, 1.54) is 0 Å². The zero-order valence-electron chi connectivity index (χ0n) is 21.0. The van der Waals surface area contributed by atoms with Gasteiger partial charge in [-0.2, -0.15) is 0 Å². The summed E-state index contributed by atoms with van der Waals surface area (Å²) < 4.78 is 15.8. The highest BCUT2D eigenvalue weighted by Crippen LogP contribution is 2.42. The topological polar surface area (TPSA) is 42.9 Å². The smallest absolute Gasteiger partial charge is 0.171 e. The maximum absolute atomic E-state index is 14.7. The van der Waals surface area contributed by atoms with Gasteiger partial charge in [0.1, 0.15) is 0 Å². The number of benzene rings is 5. The Morgan fingerprint density at radius 1 is 0.462 bits per heavy atom. The van der Waals surface area contributed by atoms with Crippen LogP contribution in [-0.2, 0) is 4.57 Å². The van der Waals surface area contributed by atoms with E-state index in [1.807, 2.05) is 146 Å². The van der Waals surface area contributed by atoms with Gasteiger partial charge < -0.3 is 4.57 Å². The Bertz CT molecular complexity index is 1710. The molecule has 5 aromatic carbocycles. The average molecular weight is 587 g/mol. The van der Waals surface area contributed by atoms with Crippen LogP contribution in [0.3, 0.4) is 0 Å². The quantitative estimate of drug-likeness (QED) is 0.186. The van der Waals surface area contributed by atoms with Gasteiger partial charge in [-0.3, -0.25) is 0 Å². The van der Waals surface area contributed by atoms with E-state index in [2.05, 4.69) is 15.9 Å². The molecule has 0 atom stereocenters. The summed E-state index contributed by atoms with van der Waals surface area (Å²) in [7, 11) is -3.04. The van der Waals surface area contributed by atoms with Crippen molar-refractivity contribution in [2.45, 2.75) is 0 Å². The van der Waals surface area contributed by atoms with E-state index < -0.39 is 7.14 Å². The zero-order valence-corrected chi connectivity index (χ0v) is 23.5. The number of hydrogen-bond donors (Lipinski definition) is 0. The Labute approximate surface area is 236 Å². The SMILES string of the molecule is O=P(c1ccccc1)(c1ccccc1)c1ccc(-c2cc(-c3ccc(Br)cc3)nc(-c3ccccc3)n2)cc1. The summed E-state index contributed by atoms with van der Waals surface area (Å²) in [5.41, 5.74) is 4.54. The molecular weight excluding hydrogens is 563 g/mol. The van der Waals surface area contributed by atoms with Crippen LogP contribution in [0.2, 0.25) is 0 Å². The standard InChI is InChI=1S/C34H24BrN2OP/c35-28-20-16-25(17-21-28)32-24-33(37-34(36-32)27-10-4-1-5-11-27)26-18-22-31(23-19-26)39(38,29-12-6-2-7-13-29)30-14-8-3-9-15-30/h1-24H. The zero-order chi connectivity index (χ0) is 26.7. The molecular formula is C34H24BrN2OP. The normalized spacial score (nSPS) is 11.3. The predicted octanol–water partition coefficient (Wildman–Crippen LogP) is 7.88. The minimum Gasteiger partial charge on any atom is -0.309 e. The summed E-state index contributed by atoms with van der Waals surface area (Å²) in [5.74, 6) is 0.661. The molecule has 0 amide bonds. The molecule has 0 aliphatic heterocycles. The fourth-order valence-corrected chi connectivity index (χ4v) is 7.56. The molecule has 0 unspecified atom stereocenters. The van der Waals surface area contributed by atoms with Crippen molar-refractivity contribution in [1.82, 2.24) is 9.97 Å². The largest absolute Gasteiger partial charge is 0.309 e. The highest BCUT2D eigenvalue weighted by atomic mass is 79.9. The summed E-state index contributed by atoms with van der Waals surface area (Å²) in [6, 6.07) is 47.5. The van der Waals surface area contributed by atoms with E-state index in [4.69, 9.17) is 9.97 Å². The van der Waals surface area contributed by atoms with Crippen molar-refractivity contribution in [1.29, 1.82) is 0 Å². The van der Waals surface area contributed by atoms with Gasteiger partial charge in [-0.25, -0.2) is 9.97 Å². The first-order valence-electron chi connectivity index (χ1n) is 12.6. The van der Waals surface area contributed by atoms with Crippen molar-refractivity contribution in [3.05, 3.63) is 150 Å². The third-order valence-corrected chi connectivity index (χ3v) is 10.3. The fourth-order valence-electron chi connectivity index (χ4n) is 4.65. The molecule has 0 fully saturated rings. The first-order valence-corrected chi connectivity index (χ1v) is 15.1. The molecule has 0 N–H and O–H groups in total. The van der Waals surface area contributed by atoms with Crippen molar-refractivity contribution in [3.63, 3.8) is 0 Å². The van der Waals surface area contributed by atoms with Gasteiger partial charge in [0.05, 0.1) is 11.4 Å². The van der Waals surface area contributed by atoms with Crippen LogP contribution in [0.25, 0.3) is 33.9 Å². The minimum atomic E-state index is -3.04. The first-order chi connectivity index (χ1) is 19.1. The lowest BCUT2D eigenvalue weighted by Crippen LogP contribution is -2.24. The van der Waals surface area contributed by atoms with Gasteiger partial charge >= 0.3 is 0 Å². The molecule has 6 aromatic rings. The second-order valence-corrected chi connectivity index (χ2v) is 12.8. The van der Waals surface area contributed by atoms with Gasteiger partial charge in [0.15, 0.2) is 13.0 Å². The molecule has 3 nitrogen and oxygen atoms in total. The van der Waals surface area contributed by atoms with E-state index >= 15 is 0 Å². The summed E-state index contributed by atoms with van der Waals surface area (Å²) in [5, 5.41) is 2.42. The minimum absolute atomic E-state index is 0.661. The Kier molecular flexibility index (Phi) is 7.06. The van der Waals surface area contributed by atoms with Crippen molar-refractivity contribution in [2.24, 2.45) is 0 Å². The van der Waals surface area contributed by atoms with Gasteiger partial charge in [-0.05, 0) is 18.2 Å². The van der Waals surface area contributed by atoms with Crippen molar-refractivity contribution in [2.75, 3.05) is 0 Å². The lowest BCUT2D eigenvalue weighted by atomic mass is 10.1. The maximum atomic E-state index is 14.7. The van der Waals surface area contributed by atoms with E-state index in [1.54, 1.807) is 0 Å². The molecule has 0 aliphatic carbocycles. The fraction of sp³-hybridized carbons (Fsp3) is 0. The Morgan fingerprint density at radius 3 is 1.36 bits per heavy atom. The number of halogens is 1. The molecule has 1 aromatic heterocycles. The lowest BCUT2D eigenvalue weighted by Gasteiger charge is -2.20. The highest BCUT2D eigenvalue weighted by molar-refractivity contribution is 9.10. The van der Waals surface area contributed by atoms with Crippen LogP contribution in [0.5, 0.6) is 0 Å². The molecule has 0 saturated carbocycles. The summed E-state index contributed by atoms with van der Waals surface area (Å²) in [6.07, 6.45) is 0. The van der Waals surface area contributed by atoms with E-state index in [0.717, 1.165) is 48.5 Å². The summed E-state index contributed by atoms with van der Waals surface area (Å²) in [6.45, 7) is 0. The summed E-state index contributed by atoms with van der Waals surface area (Å²) in [4.78, 5) is 9.83. The molecule has 39 heavy (non-hydrogen) atoms. The number of nitrogens with zero attached hydrogens (tertiary/aromatic N) is 2. The number of aromatic nitrogens is 2. The molecule has 1 heterocycles. The van der Waals surface area contributed by atoms with Crippen LogP contribution < -0.4 is 15.9 Å². The van der Waals surface area contributed by atoms with E-state index in [9.17, 15) is 4.57 Å². The van der Waals surface area contributed by atoms with Crippen molar-refractivity contribution in [3.8, 4) is 33.9 Å². The second kappa shape index (κ2) is 10.9. The van der Waals surface area contributed by atoms with E-state index in [0.29, 0.717) is 5.82 Å². The predicted molar refractivity (Wildman–Crippen MR) is 165 cm³/mol. The van der Waals surface area contributed by atoms with Crippen LogP contribution in [-0.4, -0.2) is 9.97 Å². The van der Waals surface area contributed by atoms with Gasteiger partial charge in [0.2, 0.25) is 0 Å². The average Bonchev–Trinajstić information content (AvgIpc) is 3.02. The molecule has 188 valence electrons. The molecule has 0 bridgehead atoms. The van der Waals surface area contributed by atoms with E-state index in [-0.39, 0.29) is 0 Å². The molecule has 5 heteroatoms. The third-order valence-electron chi connectivity index (χ3n) is 6.66. The Balaban J connectivity index is 1.46. The Hall–Kier alpha value is -4.11. The van der Waals surface area contributed by atoms with Crippen LogP contribution in [0, 0.1) is 0 Å². The monoisotopic (exact) mass is 586 g/mol. The van der Waals surface area contributed by atoms with Gasteiger partial charge in [0, 0.05) is 37.1 Å². The number of rotatable bonds is 6. The first kappa shape index (κ1) is 25.2. The Morgan fingerprint density at radius 2 is 0.872 bits per heavy atom. The van der Waals surface area contributed by atoms with Crippen LogP contribution in [0.15, 0.2) is 150 Å². The van der Waals surface area contributed by atoms with Crippen molar-refractivity contribution < 1.29 is 4.57 Å². The molecule has 0 radical (unpaired) electrons. The molecule has 6 rings (SSSR count). The highest BCUT2D eigenvalue weighted by Gasteiger charge is 2.29. The van der Waals surface area contributed by atoms with Gasteiger partial charge in [-0.15, -0.1) is 0 Å². The van der Waals surface area contributed by atoms with Crippen LogP contribution in [0.1, 0.15) is 0 Å². The second-order valence-electron chi connectivity index (χ2n) is 9.16. The van der Waals surface area contributed by atoms with Gasteiger partial charge in [0.25, 0.3) is 0 Å². The van der Waals surface area contributed by atoms with Crippen LogP contribution >= 0.6 is 23.1 Å². The maximum Gasteiger partial charge on any atom is 0.171 e. The molecule has 0 spiro atoms. The molecule has 0 aliphatic rings. The summed E-state index contributed by atoms with van der Waals surface area (Å²) >= 11 is 3.52. The third kappa shape index (κ3) is 5.14. The van der Waals surface area contributed by atoms with Crippen LogP contribution in [0.4, 0.5) is 0 Å². The van der Waals surface area contributed by atoms with Crippen molar-refractivity contribution >= 4 is 39.0 Å². The van der Waals surface area contributed by atoms with Gasteiger partial charge in [-0.1, -0.05) is 143 Å². The molecule has 0 saturated heterocycles. The number of hydrogen-bond acceptors (Lipinski definition) is 3.